The number of hydrogen-bond donors (Lipinski definition) is 0. The van der Waals surface area contributed by atoms with Gasteiger partial charge in [0.1, 0.15) is 8.16 Å². The average molecular weight is 393 g/mol. The molecule has 0 saturated carbocycles. The summed E-state index contributed by atoms with van der Waals surface area (Å²) in [6.45, 7) is 4.33. The van der Waals surface area contributed by atoms with Crippen LogP contribution in [0.4, 0.5) is 0 Å². The van der Waals surface area contributed by atoms with Crippen molar-refractivity contribution in [3.8, 4) is 0 Å². The molecule has 1 saturated heterocycles. The van der Waals surface area contributed by atoms with Crippen LogP contribution in [0.2, 0.25) is 0 Å². The standard InChI is InChI=1S/C20H24S4/c1-15-5-9-17(10-6-15)19(21-3)20(22-4,24-14-13-23-19)18-11-7-16(2)8-12-18/h5-12H,13-14H2,1-4H3/t19-,20-/m0/s1. The Morgan fingerprint density at radius 3 is 1.29 bits per heavy atom. The monoisotopic (exact) mass is 392 g/mol. The highest BCUT2D eigenvalue weighted by atomic mass is 32.2. The van der Waals surface area contributed by atoms with Crippen molar-refractivity contribution in [3.05, 3.63) is 70.8 Å². The van der Waals surface area contributed by atoms with Gasteiger partial charge < -0.3 is 0 Å². The first-order chi connectivity index (χ1) is 11.6. The minimum absolute atomic E-state index is 0.0261. The van der Waals surface area contributed by atoms with E-state index in [2.05, 4.69) is 98.4 Å². The van der Waals surface area contributed by atoms with Crippen LogP contribution < -0.4 is 0 Å². The number of aryl methyl sites for hydroxylation is 2. The number of hydrogen-bond acceptors (Lipinski definition) is 4. The molecule has 128 valence electrons. The van der Waals surface area contributed by atoms with Gasteiger partial charge in [0.15, 0.2) is 0 Å². The van der Waals surface area contributed by atoms with Crippen molar-refractivity contribution in [2.75, 3.05) is 24.0 Å². The van der Waals surface area contributed by atoms with E-state index in [1.54, 1.807) is 0 Å². The van der Waals surface area contributed by atoms with Crippen molar-refractivity contribution in [1.82, 2.24) is 0 Å². The lowest BCUT2D eigenvalue weighted by Crippen LogP contribution is -2.43. The first-order valence-electron chi connectivity index (χ1n) is 8.10. The molecule has 2 aromatic rings. The van der Waals surface area contributed by atoms with Crippen LogP contribution in [-0.4, -0.2) is 24.0 Å². The predicted octanol–water partition coefficient (Wildman–Crippen LogP) is 6.52. The molecule has 0 N–H and O–H groups in total. The van der Waals surface area contributed by atoms with Crippen LogP contribution in [0.15, 0.2) is 48.5 Å². The molecule has 3 rings (SSSR count). The topological polar surface area (TPSA) is 0 Å². The van der Waals surface area contributed by atoms with E-state index in [0.29, 0.717) is 0 Å². The highest BCUT2D eigenvalue weighted by molar-refractivity contribution is 8.25. The van der Waals surface area contributed by atoms with E-state index in [1.165, 1.54) is 33.8 Å². The maximum Gasteiger partial charge on any atom is 0.114 e. The first kappa shape index (κ1) is 18.6. The molecule has 0 spiro atoms. The van der Waals surface area contributed by atoms with Crippen molar-refractivity contribution in [2.24, 2.45) is 0 Å². The van der Waals surface area contributed by atoms with E-state index in [0.717, 1.165) is 0 Å². The fourth-order valence-electron chi connectivity index (χ4n) is 3.28. The second-order valence-corrected chi connectivity index (χ2v) is 11.2. The third-order valence-electron chi connectivity index (χ3n) is 4.57. The van der Waals surface area contributed by atoms with E-state index >= 15 is 0 Å². The lowest BCUT2D eigenvalue weighted by molar-refractivity contribution is 0.778. The molecule has 0 aliphatic carbocycles. The van der Waals surface area contributed by atoms with Gasteiger partial charge in [-0.3, -0.25) is 0 Å². The molecule has 2 atom stereocenters. The zero-order chi connectivity index (χ0) is 17.2. The quantitative estimate of drug-likeness (QED) is 0.581. The summed E-state index contributed by atoms with van der Waals surface area (Å²) >= 11 is 8.25. The zero-order valence-corrected chi connectivity index (χ0v) is 17.9. The molecule has 0 amide bonds. The van der Waals surface area contributed by atoms with Crippen molar-refractivity contribution < 1.29 is 0 Å². The van der Waals surface area contributed by atoms with Crippen LogP contribution >= 0.6 is 47.0 Å². The summed E-state index contributed by atoms with van der Waals surface area (Å²) in [6, 6.07) is 18.4. The SMILES string of the molecule is CS[C@@]1(c2ccc(C)cc2)SCCS[C@@]1(SC)c1ccc(C)cc1. The average Bonchev–Trinajstić information content (AvgIpc) is 2.62. The number of thioether (sulfide) groups is 4. The Morgan fingerprint density at radius 1 is 0.667 bits per heavy atom. The Bertz CT molecular complexity index is 618. The minimum atomic E-state index is 0.0261. The molecule has 0 unspecified atom stereocenters. The fourth-order valence-corrected chi connectivity index (χ4v) is 10.4. The van der Waals surface area contributed by atoms with Crippen LogP contribution in [0.3, 0.4) is 0 Å². The largest absolute Gasteiger partial charge is 0.140 e. The summed E-state index contributed by atoms with van der Waals surface area (Å²) in [7, 11) is 0. The maximum atomic E-state index is 2.34. The summed E-state index contributed by atoms with van der Waals surface area (Å²) in [4.78, 5) is 0. The normalized spacial score (nSPS) is 27.2. The van der Waals surface area contributed by atoms with Gasteiger partial charge in [0, 0.05) is 11.5 Å². The van der Waals surface area contributed by atoms with Gasteiger partial charge in [-0.05, 0) is 37.5 Å². The molecule has 1 aliphatic rings. The van der Waals surface area contributed by atoms with Gasteiger partial charge in [0.05, 0.1) is 0 Å². The summed E-state index contributed by atoms with van der Waals surface area (Å²) in [5.41, 5.74) is 5.53. The summed E-state index contributed by atoms with van der Waals surface area (Å²) < 4.78 is 0.0522. The van der Waals surface area contributed by atoms with Crippen molar-refractivity contribution in [2.45, 2.75) is 22.0 Å². The molecule has 24 heavy (non-hydrogen) atoms. The molecule has 2 aromatic carbocycles. The third kappa shape index (κ3) is 3.04. The Hall–Kier alpha value is -0.160. The van der Waals surface area contributed by atoms with Gasteiger partial charge in [-0.25, -0.2) is 0 Å². The first-order valence-corrected chi connectivity index (χ1v) is 12.5. The fraction of sp³-hybridized carbons (Fsp3) is 0.400. The van der Waals surface area contributed by atoms with Crippen molar-refractivity contribution in [1.29, 1.82) is 0 Å². The van der Waals surface area contributed by atoms with Gasteiger partial charge in [0.2, 0.25) is 0 Å². The maximum absolute atomic E-state index is 2.34. The van der Waals surface area contributed by atoms with Crippen LogP contribution in [0, 0.1) is 13.8 Å². The summed E-state index contributed by atoms with van der Waals surface area (Å²) in [5.74, 6) is 2.40. The van der Waals surface area contributed by atoms with Crippen molar-refractivity contribution >= 4 is 47.0 Å². The molecular weight excluding hydrogens is 368 g/mol. The Balaban J connectivity index is 2.19. The molecule has 1 fully saturated rings. The summed E-state index contributed by atoms with van der Waals surface area (Å²) in [5, 5.41) is 0. The van der Waals surface area contributed by atoms with Crippen LogP contribution in [0.5, 0.6) is 0 Å². The second kappa shape index (κ2) is 7.61. The third-order valence-corrected chi connectivity index (χ3v) is 12.0. The van der Waals surface area contributed by atoms with Crippen LogP contribution in [0.1, 0.15) is 22.3 Å². The Morgan fingerprint density at radius 2 is 1.00 bits per heavy atom. The molecule has 0 bridgehead atoms. The van der Waals surface area contributed by atoms with E-state index in [-0.39, 0.29) is 8.16 Å². The lowest BCUT2D eigenvalue weighted by atomic mass is 10.00. The van der Waals surface area contributed by atoms with Gasteiger partial charge in [-0.15, -0.1) is 47.0 Å². The molecule has 1 heterocycles. The van der Waals surface area contributed by atoms with Gasteiger partial charge in [-0.1, -0.05) is 59.7 Å². The van der Waals surface area contributed by atoms with Crippen LogP contribution in [-0.2, 0) is 8.16 Å². The smallest absolute Gasteiger partial charge is 0.114 e. The molecule has 0 aromatic heterocycles. The molecule has 0 nitrogen and oxygen atoms in total. The predicted molar refractivity (Wildman–Crippen MR) is 118 cm³/mol. The Labute approximate surface area is 163 Å². The van der Waals surface area contributed by atoms with E-state index in [1.807, 2.05) is 23.5 Å². The van der Waals surface area contributed by atoms with E-state index in [9.17, 15) is 0 Å². The van der Waals surface area contributed by atoms with Gasteiger partial charge in [0.25, 0.3) is 0 Å². The lowest BCUT2D eigenvalue weighted by Gasteiger charge is -2.51. The Kier molecular flexibility index (Phi) is 5.90. The highest BCUT2D eigenvalue weighted by Crippen LogP contribution is 2.69. The minimum Gasteiger partial charge on any atom is -0.140 e. The molecule has 1 aliphatic heterocycles. The van der Waals surface area contributed by atoms with Gasteiger partial charge >= 0.3 is 0 Å². The summed E-state index contributed by atoms with van der Waals surface area (Å²) in [6.07, 6.45) is 4.55. The molecule has 4 heteroatoms. The number of benzene rings is 2. The highest BCUT2D eigenvalue weighted by Gasteiger charge is 2.56. The second-order valence-electron chi connectivity index (χ2n) is 6.07. The van der Waals surface area contributed by atoms with Crippen LogP contribution in [0.25, 0.3) is 0 Å². The molecular formula is C20H24S4. The van der Waals surface area contributed by atoms with Crippen molar-refractivity contribution in [3.63, 3.8) is 0 Å². The zero-order valence-electron chi connectivity index (χ0n) is 14.7. The number of rotatable bonds is 4. The molecule has 0 radical (unpaired) electrons. The van der Waals surface area contributed by atoms with E-state index in [4.69, 9.17) is 0 Å². The van der Waals surface area contributed by atoms with Gasteiger partial charge in [-0.2, -0.15) is 0 Å². The van der Waals surface area contributed by atoms with E-state index < -0.39 is 0 Å².